The predicted octanol–water partition coefficient (Wildman–Crippen LogP) is 6.28. The number of hydrogen-bond acceptors (Lipinski definition) is 0. The Morgan fingerprint density at radius 2 is 1.35 bits per heavy atom. The molecule has 0 atom stereocenters. The smallest absolute Gasteiger partial charge is 0.0607 e. The van der Waals surface area contributed by atoms with Crippen LogP contribution in [0.15, 0.2) is 30.3 Å². The maximum atomic E-state index is 6.17. The van der Waals surface area contributed by atoms with Gasteiger partial charge in [-0.3, -0.25) is 0 Å². The van der Waals surface area contributed by atoms with E-state index in [0.29, 0.717) is 20.1 Å². The quantitative estimate of drug-likeness (QED) is 0.544. The molecule has 0 nitrogen and oxygen atoms in total. The molecule has 4 heteroatoms. The van der Waals surface area contributed by atoms with Crippen molar-refractivity contribution < 1.29 is 0 Å². The van der Waals surface area contributed by atoms with Gasteiger partial charge in [0.2, 0.25) is 0 Å². The average molecular weight is 306 g/mol. The van der Waals surface area contributed by atoms with E-state index in [2.05, 4.69) is 0 Å². The molecule has 2 rings (SSSR count). The molecule has 0 aliphatic heterocycles. The van der Waals surface area contributed by atoms with Crippen molar-refractivity contribution in [2.75, 3.05) is 0 Å². The van der Waals surface area contributed by atoms with Crippen LogP contribution in [0.25, 0.3) is 11.1 Å². The lowest BCUT2D eigenvalue weighted by molar-refractivity contribution is 1.46. The van der Waals surface area contributed by atoms with E-state index in [1.807, 2.05) is 25.1 Å². The fourth-order valence-corrected chi connectivity index (χ4v) is 2.53. The first-order valence-corrected chi connectivity index (χ1v) is 6.41. The molecule has 0 saturated carbocycles. The van der Waals surface area contributed by atoms with E-state index < -0.39 is 0 Å². The van der Waals surface area contributed by atoms with Crippen molar-refractivity contribution in [3.05, 3.63) is 56.0 Å². The van der Waals surface area contributed by atoms with Gasteiger partial charge in [0.1, 0.15) is 0 Å². The Morgan fingerprint density at radius 1 is 0.706 bits per heavy atom. The summed E-state index contributed by atoms with van der Waals surface area (Å²) in [5.74, 6) is 0. The van der Waals surface area contributed by atoms with E-state index in [4.69, 9.17) is 46.4 Å². The van der Waals surface area contributed by atoms with Crippen LogP contribution in [0, 0.1) is 6.92 Å². The maximum absolute atomic E-state index is 6.17. The first-order valence-electron chi connectivity index (χ1n) is 4.90. The molecule has 17 heavy (non-hydrogen) atoms. The summed E-state index contributed by atoms with van der Waals surface area (Å²) in [4.78, 5) is 0. The zero-order valence-corrected chi connectivity index (χ0v) is 11.9. The largest absolute Gasteiger partial charge is 0.0843 e. The molecule has 0 bridgehead atoms. The summed E-state index contributed by atoms with van der Waals surface area (Å²) in [5, 5.41) is 2.21. The second-order valence-electron chi connectivity index (χ2n) is 3.71. The summed E-state index contributed by atoms with van der Waals surface area (Å²) in [6, 6.07) is 9.04. The van der Waals surface area contributed by atoms with E-state index in [0.717, 1.165) is 16.7 Å². The van der Waals surface area contributed by atoms with Crippen molar-refractivity contribution >= 4 is 46.4 Å². The topological polar surface area (TPSA) is 0 Å². The van der Waals surface area contributed by atoms with Gasteiger partial charge in [-0.2, -0.15) is 0 Å². The Hall–Kier alpha value is -0.400. The third-order valence-corrected chi connectivity index (χ3v) is 3.76. The normalized spacial score (nSPS) is 10.6. The Bertz CT molecular complexity index is 576. The highest BCUT2D eigenvalue weighted by molar-refractivity contribution is 6.44. The first kappa shape index (κ1) is 13.0. The van der Waals surface area contributed by atoms with Crippen molar-refractivity contribution in [3.8, 4) is 11.1 Å². The van der Waals surface area contributed by atoms with Crippen LogP contribution in [-0.2, 0) is 0 Å². The van der Waals surface area contributed by atoms with Gasteiger partial charge in [-0.15, -0.1) is 0 Å². The lowest BCUT2D eigenvalue weighted by Crippen LogP contribution is -1.85. The summed E-state index contributed by atoms with van der Waals surface area (Å²) >= 11 is 24.0. The number of benzene rings is 2. The lowest BCUT2D eigenvalue weighted by atomic mass is 10.0. The molecule has 0 aromatic heterocycles. The summed E-state index contributed by atoms with van der Waals surface area (Å²) in [6.45, 7) is 1.97. The molecule has 2 aromatic carbocycles. The van der Waals surface area contributed by atoms with Gasteiger partial charge in [-0.1, -0.05) is 52.5 Å². The van der Waals surface area contributed by atoms with E-state index in [9.17, 15) is 0 Å². The minimum atomic E-state index is 0.451. The van der Waals surface area contributed by atoms with Gasteiger partial charge >= 0.3 is 0 Å². The standard InChI is InChI=1S/C13H8Cl4/c1-7-4-8(14)2-3-9(7)10-5-12(16)13(17)6-11(10)15/h2-6H,1H3. The number of hydrogen-bond donors (Lipinski definition) is 0. The molecule has 0 spiro atoms. The van der Waals surface area contributed by atoms with E-state index in [1.54, 1.807) is 12.1 Å². The first-order chi connectivity index (χ1) is 7.99. The Balaban J connectivity index is 2.64. The van der Waals surface area contributed by atoms with Crippen LogP contribution >= 0.6 is 46.4 Å². The zero-order chi connectivity index (χ0) is 12.6. The second-order valence-corrected chi connectivity index (χ2v) is 5.36. The van der Waals surface area contributed by atoms with Gasteiger partial charge in [0.15, 0.2) is 0 Å². The number of aryl methyl sites for hydroxylation is 1. The minimum absolute atomic E-state index is 0.451. The molecule has 2 aromatic rings. The monoisotopic (exact) mass is 304 g/mol. The molecule has 0 N–H and O–H groups in total. The maximum Gasteiger partial charge on any atom is 0.0607 e. The number of halogens is 4. The minimum Gasteiger partial charge on any atom is -0.0843 e. The van der Waals surface area contributed by atoms with Crippen molar-refractivity contribution in [2.24, 2.45) is 0 Å². The van der Waals surface area contributed by atoms with Gasteiger partial charge < -0.3 is 0 Å². The molecule has 0 unspecified atom stereocenters. The molecular formula is C13H8Cl4. The van der Waals surface area contributed by atoms with Crippen molar-refractivity contribution in [1.29, 1.82) is 0 Å². The van der Waals surface area contributed by atoms with Crippen molar-refractivity contribution in [3.63, 3.8) is 0 Å². The second kappa shape index (κ2) is 5.07. The predicted molar refractivity (Wildman–Crippen MR) is 76.7 cm³/mol. The van der Waals surface area contributed by atoms with Gasteiger partial charge in [0, 0.05) is 15.6 Å². The van der Waals surface area contributed by atoms with Gasteiger partial charge in [-0.05, 0) is 42.3 Å². The molecule has 0 saturated heterocycles. The SMILES string of the molecule is Cc1cc(Cl)ccc1-c1cc(Cl)c(Cl)cc1Cl. The average Bonchev–Trinajstić information content (AvgIpc) is 2.24. The van der Waals surface area contributed by atoms with Crippen LogP contribution in [-0.4, -0.2) is 0 Å². The molecule has 0 amide bonds. The van der Waals surface area contributed by atoms with Gasteiger partial charge in [0.25, 0.3) is 0 Å². The lowest BCUT2D eigenvalue weighted by Gasteiger charge is -2.10. The third kappa shape index (κ3) is 2.71. The van der Waals surface area contributed by atoms with Crippen LogP contribution in [0.5, 0.6) is 0 Å². The molecule has 0 aliphatic carbocycles. The highest BCUT2D eigenvalue weighted by Gasteiger charge is 2.10. The fraction of sp³-hybridized carbons (Fsp3) is 0.0769. The van der Waals surface area contributed by atoms with E-state index in [1.165, 1.54) is 0 Å². The highest BCUT2D eigenvalue weighted by atomic mass is 35.5. The number of rotatable bonds is 1. The summed E-state index contributed by atoms with van der Waals surface area (Å²) in [7, 11) is 0. The van der Waals surface area contributed by atoms with E-state index >= 15 is 0 Å². The van der Waals surface area contributed by atoms with Crippen molar-refractivity contribution in [2.45, 2.75) is 6.92 Å². The third-order valence-electron chi connectivity index (χ3n) is 2.49. The van der Waals surface area contributed by atoms with E-state index in [-0.39, 0.29) is 0 Å². The Morgan fingerprint density at radius 3 is 2.00 bits per heavy atom. The Kier molecular flexibility index (Phi) is 3.89. The van der Waals surface area contributed by atoms with Crippen molar-refractivity contribution in [1.82, 2.24) is 0 Å². The summed E-state index contributed by atoms with van der Waals surface area (Å²) in [6.07, 6.45) is 0. The molecule has 0 heterocycles. The highest BCUT2D eigenvalue weighted by Crippen LogP contribution is 2.37. The molecule has 88 valence electrons. The summed E-state index contributed by atoms with van der Waals surface area (Å²) in [5.41, 5.74) is 2.89. The zero-order valence-electron chi connectivity index (χ0n) is 8.90. The molecule has 0 fully saturated rings. The van der Waals surface area contributed by atoms with Gasteiger partial charge in [0.05, 0.1) is 10.0 Å². The molecular weight excluding hydrogens is 298 g/mol. The Labute approximate surface area is 120 Å². The molecule has 0 radical (unpaired) electrons. The molecule has 0 aliphatic rings. The fourth-order valence-electron chi connectivity index (χ4n) is 1.66. The van der Waals surface area contributed by atoms with Crippen LogP contribution in [0.2, 0.25) is 20.1 Å². The van der Waals surface area contributed by atoms with Crippen LogP contribution in [0.4, 0.5) is 0 Å². The van der Waals surface area contributed by atoms with Crippen LogP contribution in [0.3, 0.4) is 0 Å². The van der Waals surface area contributed by atoms with Crippen LogP contribution in [0.1, 0.15) is 5.56 Å². The van der Waals surface area contributed by atoms with Crippen LogP contribution < -0.4 is 0 Å². The summed E-state index contributed by atoms with van der Waals surface area (Å²) < 4.78 is 0. The van der Waals surface area contributed by atoms with Gasteiger partial charge in [-0.25, -0.2) is 0 Å².